The van der Waals surface area contributed by atoms with Crippen molar-refractivity contribution >= 4 is 29.3 Å². The van der Waals surface area contributed by atoms with Gasteiger partial charge in [0.2, 0.25) is 5.91 Å². The first kappa shape index (κ1) is 19.3. The van der Waals surface area contributed by atoms with Crippen LogP contribution in [0.15, 0.2) is 29.2 Å². The van der Waals surface area contributed by atoms with Crippen LogP contribution in [0.3, 0.4) is 0 Å². The fraction of sp³-hybridized carbons (Fsp3) is 0.562. The van der Waals surface area contributed by atoms with Crippen LogP contribution in [0.2, 0.25) is 5.02 Å². The minimum atomic E-state index is -0.694. The Hall–Kier alpha value is -0.750. The molecule has 0 radical (unpaired) electrons. The van der Waals surface area contributed by atoms with Crippen LogP contribution in [0.5, 0.6) is 0 Å². The number of benzene rings is 1. The van der Waals surface area contributed by atoms with Crippen molar-refractivity contribution in [2.24, 2.45) is 5.92 Å². The van der Waals surface area contributed by atoms with Crippen LogP contribution >= 0.6 is 23.4 Å². The smallest absolute Gasteiger partial charge is 0.233 e. The van der Waals surface area contributed by atoms with E-state index in [0.717, 1.165) is 4.90 Å². The van der Waals surface area contributed by atoms with E-state index >= 15 is 0 Å². The lowest BCUT2D eigenvalue weighted by atomic mass is 10.2. The number of thioether (sulfide) groups is 1. The molecule has 2 unspecified atom stereocenters. The predicted octanol–water partition coefficient (Wildman–Crippen LogP) is 2.97. The molecule has 0 aliphatic heterocycles. The number of aliphatic hydroxyl groups is 1. The third kappa shape index (κ3) is 7.49. The molecule has 2 N–H and O–H groups in total. The zero-order valence-corrected chi connectivity index (χ0v) is 14.8. The number of hydrogen-bond acceptors (Lipinski definition) is 4. The second-order valence-corrected chi connectivity index (χ2v) is 7.31. The maximum absolute atomic E-state index is 12.0. The van der Waals surface area contributed by atoms with Crippen molar-refractivity contribution in [1.82, 2.24) is 5.32 Å². The van der Waals surface area contributed by atoms with E-state index in [0.29, 0.717) is 17.5 Å². The molecule has 2 atom stereocenters. The number of amides is 1. The first-order valence-corrected chi connectivity index (χ1v) is 8.60. The summed E-state index contributed by atoms with van der Waals surface area (Å²) in [7, 11) is 0. The summed E-state index contributed by atoms with van der Waals surface area (Å²) in [5.74, 6) is 0.293. The second kappa shape index (κ2) is 10.1. The minimum Gasteiger partial charge on any atom is -0.389 e. The number of ether oxygens (including phenoxy) is 1. The van der Waals surface area contributed by atoms with Gasteiger partial charge in [0.05, 0.1) is 23.0 Å². The number of hydrogen-bond donors (Lipinski definition) is 2. The Labute approximate surface area is 141 Å². The van der Waals surface area contributed by atoms with E-state index in [2.05, 4.69) is 5.32 Å². The highest BCUT2D eigenvalue weighted by molar-refractivity contribution is 8.00. The highest BCUT2D eigenvalue weighted by Gasteiger charge is 2.16. The number of halogens is 1. The Morgan fingerprint density at radius 1 is 1.32 bits per heavy atom. The van der Waals surface area contributed by atoms with Gasteiger partial charge in [0.1, 0.15) is 0 Å². The van der Waals surface area contributed by atoms with Crippen molar-refractivity contribution in [1.29, 1.82) is 0 Å². The Kier molecular flexibility index (Phi) is 8.86. The molecule has 0 saturated heterocycles. The van der Waals surface area contributed by atoms with Gasteiger partial charge in [-0.2, -0.15) is 0 Å². The lowest BCUT2D eigenvalue weighted by molar-refractivity contribution is -0.121. The maximum Gasteiger partial charge on any atom is 0.233 e. The molecular weight excluding hydrogens is 322 g/mol. The topological polar surface area (TPSA) is 58.6 Å². The van der Waals surface area contributed by atoms with Crippen molar-refractivity contribution in [2.45, 2.75) is 37.0 Å². The van der Waals surface area contributed by atoms with Crippen LogP contribution in [0.1, 0.15) is 20.8 Å². The maximum atomic E-state index is 12.0. The van der Waals surface area contributed by atoms with Gasteiger partial charge in [-0.25, -0.2) is 0 Å². The minimum absolute atomic E-state index is 0.132. The molecule has 0 aliphatic carbocycles. The summed E-state index contributed by atoms with van der Waals surface area (Å²) in [4.78, 5) is 12.9. The lowest BCUT2D eigenvalue weighted by Crippen LogP contribution is -2.38. The molecule has 22 heavy (non-hydrogen) atoms. The lowest BCUT2D eigenvalue weighted by Gasteiger charge is -2.16. The summed E-state index contributed by atoms with van der Waals surface area (Å²) < 4.78 is 5.34. The van der Waals surface area contributed by atoms with Crippen LogP contribution < -0.4 is 5.32 Å². The highest BCUT2D eigenvalue weighted by Crippen LogP contribution is 2.29. The number of rotatable bonds is 9. The van der Waals surface area contributed by atoms with Crippen molar-refractivity contribution in [3.8, 4) is 0 Å². The van der Waals surface area contributed by atoms with Crippen molar-refractivity contribution in [3.05, 3.63) is 29.3 Å². The Bertz CT molecular complexity index is 470. The first-order valence-electron chi connectivity index (χ1n) is 7.34. The predicted molar refractivity (Wildman–Crippen MR) is 91.4 cm³/mol. The van der Waals surface area contributed by atoms with Gasteiger partial charge < -0.3 is 15.2 Å². The third-order valence-corrected chi connectivity index (χ3v) is 4.40. The summed E-state index contributed by atoms with van der Waals surface area (Å²) in [5.41, 5.74) is 0. The molecule has 0 spiro atoms. The zero-order chi connectivity index (χ0) is 16.5. The molecule has 0 aliphatic rings. The average Bonchev–Trinajstić information content (AvgIpc) is 2.46. The molecule has 1 aromatic rings. The van der Waals surface area contributed by atoms with Gasteiger partial charge in [-0.15, -0.1) is 11.8 Å². The van der Waals surface area contributed by atoms with Gasteiger partial charge >= 0.3 is 0 Å². The van der Waals surface area contributed by atoms with E-state index in [1.165, 1.54) is 11.8 Å². The van der Waals surface area contributed by atoms with Gasteiger partial charge in [0.25, 0.3) is 0 Å². The monoisotopic (exact) mass is 345 g/mol. The second-order valence-electron chi connectivity index (χ2n) is 5.52. The largest absolute Gasteiger partial charge is 0.389 e. The van der Waals surface area contributed by atoms with Crippen LogP contribution in [-0.2, 0) is 9.53 Å². The van der Waals surface area contributed by atoms with Gasteiger partial charge in [0, 0.05) is 18.0 Å². The number of aliphatic hydroxyl groups excluding tert-OH is 1. The Morgan fingerprint density at radius 3 is 2.64 bits per heavy atom. The van der Waals surface area contributed by atoms with Crippen LogP contribution in [-0.4, -0.2) is 42.1 Å². The molecule has 1 amide bonds. The molecule has 0 heterocycles. The van der Waals surface area contributed by atoms with Crippen molar-refractivity contribution < 1.29 is 14.6 Å². The first-order chi connectivity index (χ1) is 10.4. The molecule has 1 rings (SSSR count). The standard InChI is InChI=1S/C16H24ClNO3S/c1-11(2)9-21-10-13(19)8-18-16(20)12(3)22-15-7-5-4-6-14(15)17/h4-7,11-13,19H,8-10H2,1-3H3,(H,18,20). The van der Waals surface area contributed by atoms with Gasteiger partial charge in [-0.1, -0.05) is 37.6 Å². The molecular formula is C16H24ClNO3S. The number of carbonyl (C=O) groups excluding carboxylic acids is 1. The van der Waals surface area contributed by atoms with E-state index < -0.39 is 6.10 Å². The molecule has 0 bridgehead atoms. The van der Waals surface area contributed by atoms with Gasteiger partial charge in [-0.3, -0.25) is 4.79 Å². The fourth-order valence-corrected chi connectivity index (χ4v) is 2.82. The summed E-state index contributed by atoms with van der Waals surface area (Å²) in [6, 6.07) is 7.41. The molecule has 6 heteroatoms. The van der Waals surface area contributed by atoms with Gasteiger partial charge in [0.15, 0.2) is 0 Å². The summed E-state index contributed by atoms with van der Waals surface area (Å²) >= 11 is 7.47. The van der Waals surface area contributed by atoms with Crippen LogP contribution in [0, 0.1) is 5.92 Å². The zero-order valence-electron chi connectivity index (χ0n) is 13.2. The summed E-state index contributed by atoms with van der Waals surface area (Å²) in [6.45, 7) is 6.91. The van der Waals surface area contributed by atoms with E-state index in [1.807, 2.05) is 39.0 Å². The molecule has 0 fully saturated rings. The van der Waals surface area contributed by atoms with E-state index in [4.69, 9.17) is 16.3 Å². The van der Waals surface area contributed by atoms with Crippen LogP contribution in [0.4, 0.5) is 0 Å². The summed E-state index contributed by atoms with van der Waals surface area (Å²) in [5, 5.41) is 12.8. The van der Waals surface area contributed by atoms with Crippen molar-refractivity contribution in [2.75, 3.05) is 19.8 Å². The summed E-state index contributed by atoms with van der Waals surface area (Å²) in [6.07, 6.45) is -0.694. The molecule has 124 valence electrons. The number of carbonyl (C=O) groups is 1. The van der Waals surface area contributed by atoms with E-state index in [9.17, 15) is 9.90 Å². The SMILES string of the molecule is CC(C)COCC(O)CNC(=O)C(C)Sc1ccccc1Cl. The van der Waals surface area contributed by atoms with E-state index in [1.54, 1.807) is 6.07 Å². The molecule has 4 nitrogen and oxygen atoms in total. The Balaban J connectivity index is 2.31. The average molecular weight is 346 g/mol. The fourth-order valence-electron chi connectivity index (χ4n) is 1.65. The third-order valence-electron chi connectivity index (χ3n) is 2.78. The highest BCUT2D eigenvalue weighted by atomic mass is 35.5. The normalized spacial score (nSPS) is 13.9. The Morgan fingerprint density at radius 2 is 2.00 bits per heavy atom. The number of nitrogens with one attached hydrogen (secondary N) is 1. The molecule has 1 aromatic carbocycles. The van der Waals surface area contributed by atoms with Crippen LogP contribution in [0.25, 0.3) is 0 Å². The van der Waals surface area contributed by atoms with Crippen molar-refractivity contribution in [3.63, 3.8) is 0 Å². The van der Waals surface area contributed by atoms with Gasteiger partial charge in [-0.05, 0) is 25.0 Å². The van der Waals surface area contributed by atoms with E-state index in [-0.39, 0.29) is 24.3 Å². The molecule has 0 saturated carbocycles. The quantitative estimate of drug-likeness (QED) is 0.675. The molecule has 0 aromatic heterocycles.